The minimum atomic E-state index is -3.62. The molecule has 0 fully saturated rings. The second kappa shape index (κ2) is 7.43. The van der Waals surface area contributed by atoms with Gasteiger partial charge in [0, 0.05) is 24.2 Å². The third kappa shape index (κ3) is 3.67. The first-order valence-corrected chi connectivity index (χ1v) is 11.1. The quantitative estimate of drug-likeness (QED) is 0.511. The lowest BCUT2D eigenvalue weighted by Gasteiger charge is -2.04. The topological polar surface area (TPSA) is 93.1 Å². The van der Waals surface area contributed by atoms with E-state index in [0.29, 0.717) is 5.13 Å². The van der Waals surface area contributed by atoms with Crippen LogP contribution in [0.15, 0.2) is 65.0 Å². The molecule has 148 valence electrons. The number of thiazole rings is 1. The highest BCUT2D eigenvalue weighted by atomic mass is 32.2. The molecule has 7 nitrogen and oxygen atoms in total. The molecular weight excluding hydrogens is 408 g/mol. The minimum Gasteiger partial charge on any atom is -0.345 e. The number of amides is 1. The monoisotopic (exact) mass is 426 g/mol. The van der Waals surface area contributed by atoms with Crippen molar-refractivity contribution < 1.29 is 13.2 Å². The summed E-state index contributed by atoms with van der Waals surface area (Å²) in [5.74, 6) is -0.427. The van der Waals surface area contributed by atoms with E-state index < -0.39 is 15.9 Å². The highest BCUT2D eigenvalue weighted by Gasteiger charge is 2.20. The van der Waals surface area contributed by atoms with Crippen molar-refractivity contribution in [3.05, 3.63) is 65.8 Å². The van der Waals surface area contributed by atoms with Crippen molar-refractivity contribution in [2.75, 3.05) is 12.4 Å². The summed E-state index contributed by atoms with van der Waals surface area (Å²) < 4.78 is 27.6. The maximum absolute atomic E-state index is 12.6. The van der Waals surface area contributed by atoms with Gasteiger partial charge in [-0.05, 0) is 23.9 Å². The number of aromatic nitrogens is 2. The summed E-state index contributed by atoms with van der Waals surface area (Å²) in [7, 11) is -0.679. The van der Waals surface area contributed by atoms with E-state index in [0.717, 1.165) is 22.0 Å². The Hall–Kier alpha value is -3.01. The molecule has 0 bridgehead atoms. The van der Waals surface area contributed by atoms with Crippen molar-refractivity contribution in [3.63, 3.8) is 0 Å². The molecule has 0 aliphatic carbocycles. The largest absolute Gasteiger partial charge is 0.345 e. The molecule has 2 heterocycles. The molecule has 0 spiro atoms. The number of fused-ring (bicyclic) bond motifs is 1. The Morgan fingerprint density at radius 2 is 1.90 bits per heavy atom. The lowest BCUT2D eigenvalue weighted by Crippen LogP contribution is -2.18. The fourth-order valence-corrected chi connectivity index (χ4v) is 4.59. The van der Waals surface area contributed by atoms with Crippen LogP contribution in [0, 0.1) is 0 Å². The number of benzene rings is 2. The predicted octanol–water partition coefficient (Wildman–Crippen LogP) is 3.46. The van der Waals surface area contributed by atoms with E-state index >= 15 is 0 Å². The van der Waals surface area contributed by atoms with Crippen molar-refractivity contribution in [2.45, 2.75) is 4.90 Å². The molecular formula is C20H18N4O3S2. The van der Waals surface area contributed by atoms with Gasteiger partial charge in [0.15, 0.2) is 5.13 Å². The summed E-state index contributed by atoms with van der Waals surface area (Å²) in [6.07, 6.45) is 1.39. The molecule has 0 saturated heterocycles. The van der Waals surface area contributed by atoms with Crippen LogP contribution in [-0.4, -0.2) is 30.9 Å². The molecule has 4 rings (SSSR count). The fourth-order valence-electron chi connectivity index (χ4n) is 3.09. The average Bonchev–Trinajstić information content (AvgIpc) is 3.34. The molecule has 2 N–H and O–H groups in total. The molecule has 2 aromatic carbocycles. The summed E-state index contributed by atoms with van der Waals surface area (Å²) in [6, 6.07) is 15.4. The highest BCUT2D eigenvalue weighted by molar-refractivity contribution is 7.89. The molecule has 0 unspecified atom stereocenters. The van der Waals surface area contributed by atoms with Crippen molar-refractivity contribution >= 4 is 43.2 Å². The van der Waals surface area contributed by atoms with Gasteiger partial charge < -0.3 is 4.57 Å². The van der Waals surface area contributed by atoms with Gasteiger partial charge in [0.25, 0.3) is 5.91 Å². The highest BCUT2D eigenvalue weighted by Crippen LogP contribution is 2.31. The number of nitrogens with zero attached hydrogens (tertiary/aromatic N) is 2. The molecule has 2 aromatic heterocycles. The number of carbonyl (C=O) groups is 1. The number of anilines is 1. The van der Waals surface area contributed by atoms with Crippen LogP contribution >= 0.6 is 11.3 Å². The summed E-state index contributed by atoms with van der Waals surface area (Å²) >= 11 is 1.32. The summed E-state index contributed by atoms with van der Waals surface area (Å²) in [5.41, 5.74) is 1.98. The van der Waals surface area contributed by atoms with Crippen LogP contribution in [0.3, 0.4) is 0 Å². The Bertz CT molecular complexity index is 1320. The molecule has 0 aliphatic rings. The summed E-state index contributed by atoms with van der Waals surface area (Å²) in [5, 5.41) is 7.28. The predicted molar refractivity (Wildman–Crippen MR) is 115 cm³/mol. The Kier molecular flexibility index (Phi) is 4.95. The zero-order chi connectivity index (χ0) is 20.6. The van der Waals surface area contributed by atoms with E-state index in [2.05, 4.69) is 15.0 Å². The van der Waals surface area contributed by atoms with E-state index in [1.165, 1.54) is 35.2 Å². The molecule has 9 heteroatoms. The van der Waals surface area contributed by atoms with Crippen molar-refractivity contribution in [2.24, 2.45) is 7.05 Å². The Balaban J connectivity index is 1.61. The minimum absolute atomic E-state index is 0.0308. The van der Waals surface area contributed by atoms with E-state index in [1.54, 1.807) is 7.05 Å². The van der Waals surface area contributed by atoms with E-state index in [4.69, 9.17) is 0 Å². The zero-order valence-electron chi connectivity index (χ0n) is 15.7. The molecule has 0 aliphatic heterocycles. The Morgan fingerprint density at radius 1 is 1.14 bits per heavy atom. The van der Waals surface area contributed by atoms with Crippen LogP contribution in [0.25, 0.3) is 22.0 Å². The number of carbonyl (C=O) groups excluding carboxylic acids is 1. The maximum atomic E-state index is 12.6. The van der Waals surface area contributed by atoms with E-state index in [9.17, 15) is 13.2 Å². The van der Waals surface area contributed by atoms with E-state index in [-0.39, 0.29) is 10.6 Å². The van der Waals surface area contributed by atoms with Gasteiger partial charge in [0.2, 0.25) is 10.0 Å². The Morgan fingerprint density at radius 3 is 2.69 bits per heavy atom. The Labute approximate surface area is 172 Å². The van der Waals surface area contributed by atoms with E-state index in [1.807, 2.05) is 47.8 Å². The number of rotatable bonds is 5. The van der Waals surface area contributed by atoms with Crippen LogP contribution in [0.1, 0.15) is 10.5 Å². The van der Waals surface area contributed by atoms with Crippen molar-refractivity contribution in [1.82, 2.24) is 14.3 Å². The van der Waals surface area contributed by atoms with Gasteiger partial charge in [0.05, 0.1) is 5.69 Å². The normalized spacial score (nSPS) is 11.7. The van der Waals surface area contributed by atoms with Gasteiger partial charge >= 0.3 is 0 Å². The van der Waals surface area contributed by atoms with Gasteiger partial charge in [-0.2, -0.15) is 0 Å². The molecule has 0 saturated carbocycles. The third-order valence-electron chi connectivity index (χ3n) is 4.58. The summed E-state index contributed by atoms with van der Waals surface area (Å²) in [6.45, 7) is 0. The molecule has 0 radical (unpaired) electrons. The SMILES string of the molecule is CNS(=O)(=O)c1cc(C(=O)Nc2nc(-c3cccc4ccccc34)cs2)n(C)c1. The van der Waals surface area contributed by atoms with Crippen LogP contribution < -0.4 is 10.0 Å². The van der Waals surface area contributed by atoms with Gasteiger partial charge in [-0.15, -0.1) is 11.3 Å². The van der Waals surface area contributed by atoms with Crippen molar-refractivity contribution in [1.29, 1.82) is 0 Å². The lowest BCUT2D eigenvalue weighted by molar-refractivity contribution is 0.101. The second-order valence-corrected chi connectivity index (χ2v) is 9.14. The molecule has 4 aromatic rings. The maximum Gasteiger partial charge on any atom is 0.274 e. The van der Waals surface area contributed by atoms with Gasteiger partial charge in [0.1, 0.15) is 10.6 Å². The summed E-state index contributed by atoms with van der Waals surface area (Å²) in [4.78, 5) is 17.2. The first kappa shape index (κ1) is 19.3. The van der Waals surface area contributed by atoms with Crippen LogP contribution in [0.4, 0.5) is 5.13 Å². The second-order valence-electron chi connectivity index (χ2n) is 6.40. The van der Waals surface area contributed by atoms with Gasteiger partial charge in [-0.3, -0.25) is 10.1 Å². The smallest absolute Gasteiger partial charge is 0.274 e. The lowest BCUT2D eigenvalue weighted by atomic mass is 10.0. The number of hydrogen-bond donors (Lipinski definition) is 2. The standard InChI is InChI=1S/C20H18N4O3S2/c1-21-29(26,27)14-10-18(24(2)11-14)19(25)23-20-22-17(12-28-20)16-9-5-7-13-6-3-4-8-15(13)16/h3-12,21H,1-2H3,(H,22,23,25). The van der Waals surface area contributed by atoms with Crippen LogP contribution in [0.5, 0.6) is 0 Å². The van der Waals surface area contributed by atoms with Crippen LogP contribution in [-0.2, 0) is 17.1 Å². The number of nitrogens with one attached hydrogen (secondary N) is 2. The average molecular weight is 427 g/mol. The van der Waals surface area contributed by atoms with Crippen molar-refractivity contribution in [3.8, 4) is 11.3 Å². The molecule has 29 heavy (non-hydrogen) atoms. The first-order chi connectivity index (χ1) is 13.9. The molecule has 0 atom stereocenters. The van der Waals surface area contributed by atoms with Gasteiger partial charge in [-0.1, -0.05) is 42.5 Å². The number of sulfonamides is 1. The zero-order valence-corrected chi connectivity index (χ0v) is 17.3. The van der Waals surface area contributed by atoms with Gasteiger partial charge in [-0.25, -0.2) is 18.1 Å². The fraction of sp³-hybridized carbons (Fsp3) is 0.100. The van der Waals surface area contributed by atoms with Crippen LogP contribution in [0.2, 0.25) is 0 Å². The third-order valence-corrected chi connectivity index (χ3v) is 6.72. The first-order valence-electron chi connectivity index (χ1n) is 8.74. The number of hydrogen-bond acceptors (Lipinski definition) is 5. The molecule has 1 amide bonds. The number of aryl methyl sites for hydroxylation is 1.